The van der Waals surface area contributed by atoms with Crippen molar-refractivity contribution in [1.82, 2.24) is 0 Å². The van der Waals surface area contributed by atoms with E-state index in [4.69, 9.17) is 0 Å². The van der Waals surface area contributed by atoms with Crippen LogP contribution in [0.4, 0.5) is 0 Å². The molecule has 0 radical (unpaired) electrons. The summed E-state index contributed by atoms with van der Waals surface area (Å²) < 4.78 is 0. The SMILES string of the molecule is Cc1ccc(C(=O)Sc2ccc(C(=O)c3ccccc3)cc2)cc1. The summed E-state index contributed by atoms with van der Waals surface area (Å²) in [5.41, 5.74) is 3.08. The molecule has 0 saturated heterocycles. The van der Waals surface area contributed by atoms with Crippen LogP contribution in [0, 0.1) is 6.92 Å². The number of hydrogen-bond donors (Lipinski definition) is 0. The number of benzene rings is 3. The van der Waals surface area contributed by atoms with Crippen LogP contribution in [0.5, 0.6) is 0 Å². The first-order valence-electron chi connectivity index (χ1n) is 7.62. The van der Waals surface area contributed by atoms with Gasteiger partial charge in [0.1, 0.15) is 0 Å². The lowest BCUT2D eigenvalue weighted by atomic mass is 10.0. The number of ketones is 1. The molecule has 24 heavy (non-hydrogen) atoms. The molecule has 0 spiro atoms. The molecular weight excluding hydrogens is 316 g/mol. The summed E-state index contributed by atoms with van der Waals surface area (Å²) in [7, 11) is 0. The number of thioether (sulfide) groups is 1. The molecule has 0 atom stereocenters. The van der Waals surface area contributed by atoms with Crippen molar-refractivity contribution in [3.05, 3.63) is 101 Å². The highest BCUT2D eigenvalue weighted by Crippen LogP contribution is 2.24. The van der Waals surface area contributed by atoms with Crippen LogP contribution in [-0.4, -0.2) is 10.9 Å². The van der Waals surface area contributed by atoms with Gasteiger partial charge in [0.25, 0.3) is 0 Å². The van der Waals surface area contributed by atoms with Crippen LogP contribution >= 0.6 is 11.8 Å². The van der Waals surface area contributed by atoms with Gasteiger partial charge in [-0.2, -0.15) is 0 Å². The predicted molar refractivity (Wildman–Crippen MR) is 97.7 cm³/mol. The molecular formula is C21H16O2S. The van der Waals surface area contributed by atoms with E-state index < -0.39 is 0 Å². The van der Waals surface area contributed by atoms with Gasteiger partial charge in [-0.1, -0.05) is 60.2 Å². The summed E-state index contributed by atoms with van der Waals surface area (Å²) in [5.74, 6) is -0.0167. The third-order valence-electron chi connectivity index (χ3n) is 3.65. The van der Waals surface area contributed by atoms with E-state index in [0.717, 1.165) is 10.5 Å². The van der Waals surface area contributed by atoms with E-state index in [9.17, 15) is 9.59 Å². The molecule has 3 aromatic carbocycles. The van der Waals surface area contributed by atoms with Crippen LogP contribution in [0.15, 0.2) is 83.8 Å². The van der Waals surface area contributed by atoms with Gasteiger partial charge in [0, 0.05) is 21.6 Å². The lowest BCUT2D eigenvalue weighted by Gasteiger charge is -2.04. The minimum absolute atomic E-state index is 0.00265. The fourth-order valence-electron chi connectivity index (χ4n) is 2.29. The molecule has 3 rings (SSSR count). The summed E-state index contributed by atoms with van der Waals surface area (Å²) in [6, 6.07) is 23.8. The Hall–Kier alpha value is -2.65. The second-order valence-corrected chi connectivity index (χ2v) is 6.52. The molecule has 3 heteroatoms. The molecule has 0 N–H and O–H groups in total. The summed E-state index contributed by atoms with van der Waals surface area (Å²) in [6.45, 7) is 1.99. The first-order valence-corrected chi connectivity index (χ1v) is 8.44. The van der Waals surface area contributed by atoms with E-state index in [1.54, 1.807) is 24.3 Å². The zero-order valence-electron chi connectivity index (χ0n) is 13.2. The highest BCUT2D eigenvalue weighted by atomic mass is 32.2. The average molecular weight is 332 g/mol. The van der Waals surface area contributed by atoms with Crippen molar-refractivity contribution in [2.45, 2.75) is 11.8 Å². The third-order valence-corrected chi connectivity index (χ3v) is 4.58. The van der Waals surface area contributed by atoms with E-state index in [1.807, 2.05) is 61.5 Å². The highest BCUT2D eigenvalue weighted by molar-refractivity contribution is 8.14. The minimum atomic E-state index is -0.0167. The smallest absolute Gasteiger partial charge is 0.224 e. The summed E-state index contributed by atoms with van der Waals surface area (Å²) in [4.78, 5) is 25.4. The van der Waals surface area contributed by atoms with E-state index in [2.05, 4.69) is 0 Å². The first-order chi connectivity index (χ1) is 11.6. The van der Waals surface area contributed by atoms with Crippen LogP contribution in [0.3, 0.4) is 0 Å². The predicted octanol–water partition coefficient (Wildman–Crippen LogP) is 5.16. The Morgan fingerprint density at radius 2 is 1.21 bits per heavy atom. The molecule has 0 saturated carbocycles. The fraction of sp³-hybridized carbons (Fsp3) is 0.0476. The average Bonchev–Trinajstić information content (AvgIpc) is 2.63. The van der Waals surface area contributed by atoms with Crippen LogP contribution in [0.1, 0.15) is 31.8 Å². The molecule has 2 nitrogen and oxygen atoms in total. The van der Waals surface area contributed by atoms with Crippen LogP contribution in [0.2, 0.25) is 0 Å². The molecule has 0 aliphatic carbocycles. The normalized spacial score (nSPS) is 10.4. The van der Waals surface area contributed by atoms with Gasteiger partial charge in [0.2, 0.25) is 5.12 Å². The molecule has 0 bridgehead atoms. The number of hydrogen-bond acceptors (Lipinski definition) is 3. The van der Waals surface area contributed by atoms with E-state index in [1.165, 1.54) is 11.8 Å². The van der Waals surface area contributed by atoms with E-state index >= 15 is 0 Å². The largest absolute Gasteiger partial charge is 0.289 e. The van der Waals surface area contributed by atoms with Gasteiger partial charge in [-0.25, -0.2) is 0 Å². The zero-order chi connectivity index (χ0) is 16.9. The summed E-state index contributed by atoms with van der Waals surface area (Å²) in [6.07, 6.45) is 0. The molecule has 0 amide bonds. The maximum atomic E-state index is 12.4. The second-order valence-electron chi connectivity index (χ2n) is 5.48. The highest BCUT2D eigenvalue weighted by Gasteiger charge is 2.11. The Labute approximate surface area is 145 Å². The van der Waals surface area contributed by atoms with E-state index in [-0.39, 0.29) is 10.9 Å². The Balaban J connectivity index is 1.72. The Morgan fingerprint density at radius 1 is 0.667 bits per heavy atom. The molecule has 0 fully saturated rings. The Bertz CT molecular complexity index is 851. The van der Waals surface area contributed by atoms with Crippen molar-refractivity contribution < 1.29 is 9.59 Å². The van der Waals surface area contributed by atoms with Crippen molar-refractivity contribution in [1.29, 1.82) is 0 Å². The zero-order valence-corrected chi connectivity index (χ0v) is 14.0. The number of carbonyl (C=O) groups excluding carboxylic acids is 2. The molecule has 3 aromatic rings. The first kappa shape index (κ1) is 16.2. The maximum Gasteiger partial charge on any atom is 0.224 e. The quantitative estimate of drug-likeness (QED) is 0.489. The van der Waals surface area contributed by atoms with Gasteiger partial charge in [0.05, 0.1) is 0 Å². The number of rotatable bonds is 4. The van der Waals surface area contributed by atoms with Crippen LogP contribution in [0.25, 0.3) is 0 Å². The van der Waals surface area contributed by atoms with Crippen molar-refractivity contribution in [3.8, 4) is 0 Å². The van der Waals surface area contributed by atoms with Crippen LogP contribution < -0.4 is 0 Å². The summed E-state index contributed by atoms with van der Waals surface area (Å²) >= 11 is 1.17. The van der Waals surface area contributed by atoms with Crippen molar-refractivity contribution >= 4 is 22.7 Å². The lowest BCUT2D eigenvalue weighted by molar-refractivity contribution is 0.103. The van der Waals surface area contributed by atoms with Gasteiger partial charge < -0.3 is 0 Å². The summed E-state index contributed by atoms with van der Waals surface area (Å²) in [5, 5.41) is -0.00265. The fourth-order valence-corrected chi connectivity index (χ4v) is 3.03. The van der Waals surface area contributed by atoms with Gasteiger partial charge in [-0.05, 0) is 43.0 Å². The molecule has 118 valence electrons. The molecule has 0 aliphatic heterocycles. The van der Waals surface area contributed by atoms with Gasteiger partial charge in [-0.15, -0.1) is 0 Å². The number of carbonyl (C=O) groups is 2. The Kier molecular flexibility index (Phi) is 4.92. The molecule has 0 heterocycles. The van der Waals surface area contributed by atoms with Gasteiger partial charge in [0.15, 0.2) is 5.78 Å². The van der Waals surface area contributed by atoms with Crippen molar-refractivity contribution in [3.63, 3.8) is 0 Å². The maximum absolute atomic E-state index is 12.4. The Morgan fingerprint density at radius 3 is 1.83 bits per heavy atom. The molecule has 0 unspecified atom stereocenters. The molecule has 0 aliphatic rings. The van der Waals surface area contributed by atoms with Crippen LogP contribution in [-0.2, 0) is 0 Å². The van der Waals surface area contributed by atoms with Gasteiger partial charge in [-0.3, -0.25) is 9.59 Å². The minimum Gasteiger partial charge on any atom is -0.289 e. The number of aryl methyl sites for hydroxylation is 1. The van der Waals surface area contributed by atoms with E-state index in [0.29, 0.717) is 16.7 Å². The second kappa shape index (κ2) is 7.28. The van der Waals surface area contributed by atoms with Gasteiger partial charge >= 0.3 is 0 Å². The topological polar surface area (TPSA) is 34.1 Å². The lowest BCUT2D eigenvalue weighted by Crippen LogP contribution is -2.00. The third kappa shape index (κ3) is 3.81. The monoisotopic (exact) mass is 332 g/mol. The molecule has 0 aromatic heterocycles. The standard InChI is InChI=1S/C21H16O2S/c1-15-7-9-18(10-8-15)21(23)24-19-13-11-17(12-14-19)20(22)16-5-3-2-4-6-16/h2-14H,1H3. The van der Waals surface area contributed by atoms with Crippen molar-refractivity contribution in [2.75, 3.05) is 0 Å². The van der Waals surface area contributed by atoms with Crippen molar-refractivity contribution in [2.24, 2.45) is 0 Å².